The van der Waals surface area contributed by atoms with Gasteiger partial charge in [0.15, 0.2) is 0 Å². The molecule has 0 bridgehead atoms. The highest BCUT2D eigenvalue weighted by Gasteiger charge is 2.21. The third-order valence-electron chi connectivity index (χ3n) is 1.99. The van der Waals surface area contributed by atoms with Crippen LogP contribution in [0.15, 0.2) is 35.4 Å². The van der Waals surface area contributed by atoms with E-state index >= 15 is 0 Å². The first kappa shape index (κ1) is 11.8. The summed E-state index contributed by atoms with van der Waals surface area (Å²) in [5.74, 6) is 0. The van der Waals surface area contributed by atoms with Gasteiger partial charge >= 0.3 is 0 Å². The minimum atomic E-state index is -1.08. The van der Waals surface area contributed by atoms with Crippen LogP contribution in [-0.4, -0.2) is 22.3 Å². The largest absolute Gasteiger partial charge is 0.612 e. The van der Waals surface area contributed by atoms with Crippen LogP contribution in [0.5, 0.6) is 0 Å². The molecule has 0 aliphatic carbocycles. The second kappa shape index (κ2) is 5.59. The molecule has 7 nitrogen and oxygen atoms in total. The van der Waals surface area contributed by atoms with Crippen molar-refractivity contribution in [3.8, 4) is 0 Å². The van der Waals surface area contributed by atoms with Crippen molar-refractivity contribution in [3.63, 3.8) is 0 Å². The third-order valence-corrected chi connectivity index (χ3v) is 1.99. The summed E-state index contributed by atoms with van der Waals surface area (Å²) in [4.78, 5) is 1.82. The molecule has 1 unspecified atom stereocenters. The molecular weight excluding hydrogens is 212 g/mol. The Bertz CT molecular complexity index is 422. The summed E-state index contributed by atoms with van der Waals surface area (Å²) in [6.45, 7) is -0.758. The Morgan fingerprint density at radius 1 is 1.44 bits per heavy atom. The molecule has 1 aromatic rings. The predicted molar refractivity (Wildman–Crippen MR) is 57.4 cm³/mol. The fraction of sp³-hybridized carbons (Fsp3) is 0.222. The minimum Gasteiger partial charge on any atom is -0.612 e. The van der Waals surface area contributed by atoms with Gasteiger partial charge in [0, 0.05) is 4.91 Å². The lowest BCUT2D eigenvalue weighted by atomic mass is 10.0. The number of hydrogen-bond donors (Lipinski definition) is 1. The van der Waals surface area contributed by atoms with Gasteiger partial charge in [-0.2, -0.15) is 4.90 Å². The van der Waals surface area contributed by atoms with Gasteiger partial charge in [-0.3, -0.25) is 0 Å². The van der Waals surface area contributed by atoms with Crippen molar-refractivity contribution in [1.82, 2.24) is 0 Å². The zero-order chi connectivity index (χ0) is 12.0. The molecule has 0 aromatic heterocycles. The molecule has 1 N–H and O–H groups in total. The molecule has 1 aromatic carbocycles. The molecule has 7 heteroatoms. The lowest BCUT2D eigenvalue weighted by Crippen LogP contribution is -2.22. The fourth-order valence-corrected chi connectivity index (χ4v) is 1.26. The molecule has 0 aliphatic heterocycles. The van der Waals surface area contributed by atoms with Crippen LogP contribution in [0.3, 0.4) is 0 Å². The normalized spacial score (nSPS) is 11.3. The van der Waals surface area contributed by atoms with E-state index in [1.165, 1.54) is 0 Å². The first-order valence-electron chi connectivity index (χ1n) is 4.40. The first-order chi connectivity index (χ1) is 7.70. The monoisotopic (exact) mass is 221 g/mol. The molecule has 0 aliphatic rings. The summed E-state index contributed by atoms with van der Waals surface area (Å²) >= 11 is 0. The number of rotatable bonds is 4. The first-order valence-corrected chi connectivity index (χ1v) is 4.40. The second-order valence-electron chi connectivity index (χ2n) is 2.92. The van der Waals surface area contributed by atoms with Crippen LogP contribution in [0, 0.1) is 10.4 Å². The van der Waals surface area contributed by atoms with E-state index in [1.54, 1.807) is 30.3 Å². The molecule has 0 fully saturated rings. The van der Waals surface area contributed by atoms with Crippen molar-refractivity contribution in [3.05, 3.63) is 56.8 Å². The van der Waals surface area contributed by atoms with E-state index in [-0.39, 0.29) is 0 Å². The number of azide groups is 1. The third kappa shape index (κ3) is 2.63. The van der Waals surface area contributed by atoms with Crippen molar-refractivity contribution >= 4 is 5.71 Å². The summed E-state index contributed by atoms with van der Waals surface area (Å²) < 4.78 is 0. The maximum atomic E-state index is 10.6. The highest BCUT2D eigenvalue weighted by molar-refractivity contribution is 5.87. The van der Waals surface area contributed by atoms with Crippen LogP contribution in [0.4, 0.5) is 0 Å². The van der Waals surface area contributed by atoms with Crippen LogP contribution in [-0.2, 0) is 0 Å². The quantitative estimate of drug-likeness (QED) is 0.207. The lowest BCUT2D eigenvalue weighted by Gasteiger charge is -2.15. The van der Waals surface area contributed by atoms with E-state index in [1.807, 2.05) is 0 Å². The van der Waals surface area contributed by atoms with E-state index < -0.39 is 23.3 Å². The molecule has 0 radical (unpaired) electrons. The number of hydrogen-bond acceptors (Lipinski definition) is 4. The van der Waals surface area contributed by atoms with Gasteiger partial charge in [-0.05, 0) is 11.1 Å². The second-order valence-corrected chi connectivity index (χ2v) is 2.92. The molecule has 0 heterocycles. The van der Waals surface area contributed by atoms with Crippen LogP contribution >= 0.6 is 0 Å². The summed E-state index contributed by atoms with van der Waals surface area (Å²) in [6.07, 6.45) is 0. The van der Waals surface area contributed by atoms with Gasteiger partial charge in [0.2, 0.25) is 5.71 Å². The number of benzene rings is 1. The van der Waals surface area contributed by atoms with Crippen molar-refractivity contribution < 1.29 is 10.0 Å². The Hall–Kier alpha value is -2.24. The van der Waals surface area contributed by atoms with Gasteiger partial charge < -0.3 is 15.5 Å². The summed E-state index contributed by atoms with van der Waals surface area (Å²) in [7, 11) is 0. The average Bonchev–Trinajstić information content (AvgIpc) is 2.29. The molecule has 84 valence electrons. The van der Waals surface area contributed by atoms with Crippen LogP contribution in [0.25, 0.3) is 10.4 Å². The van der Waals surface area contributed by atoms with E-state index in [0.29, 0.717) is 5.56 Å². The van der Waals surface area contributed by atoms with Gasteiger partial charge in [0.25, 0.3) is 0 Å². The van der Waals surface area contributed by atoms with Crippen molar-refractivity contribution in [2.45, 2.75) is 6.04 Å². The standard InChI is InChI=1S/C9H9N4O3/c10-12-11-9(8(6-14)13(15)16)7-4-2-1-3-5-7/h1-5,9,14H,6H2/q-1. The van der Waals surface area contributed by atoms with Gasteiger partial charge in [-0.1, -0.05) is 35.4 Å². The van der Waals surface area contributed by atoms with Crippen molar-refractivity contribution in [2.75, 3.05) is 6.61 Å². The van der Waals surface area contributed by atoms with E-state index in [0.717, 1.165) is 0 Å². The maximum Gasteiger partial charge on any atom is 0.214 e. The predicted octanol–water partition coefficient (Wildman–Crippen LogP) is 1.48. The summed E-state index contributed by atoms with van der Waals surface area (Å²) in [5, 5.41) is 33.5. The van der Waals surface area contributed by atoms with Crippen LogP contribution in [0.2, 0.25) is 0 Å². The van der Waals surface area contributed by atoms with Crippen LogP contribution < -0.4 is 0 Å². The average molecular weight is 221 g/mol. The Kier molecular flexibility index (Phi) is 4.14. The summed E-state index contributed by atoms with van der Waals surface area (Å²) in [5.41, 5.74) is 8.40. The van der Waals surface area contributed by atoms with Crippen LogP contribution in [0.1, 0.15) is 11.6 Å². The Balaban J connectivity index is 3.20. The molecule has 0 saturated carbocycles. The molecule has 16 heavy (non-hydrogen) atoms. The van der Waals surface area contributed by atoms with Gasteiger partial charge in [0.05, 0.1) is 0 Å². The lowest BCUT2D eigenvalue weighted by molar-refractivity contribution is -0.383. The smallest absolute Gasteiger partial charge is 0.214 e. The molecule has 0 amide bonds. The number of nitrogens with zero attached hydrogens (tertiary/aromatic N) is 4. The zero-order valence-corrected chi connectivity index (χ0v) is 8.22. The zero-order valence-electron chi connectivity index (χ0n) is 8.22. The molecule has 0 spiro atoms. The van der Waals surface area contributed by atoms with Gasteiger partial charge in [-0.15, -0.1) is 0 Å². The Labute approximate surface area is 91.1 Å². The van der Waals surface area contributed by atoms with Gasteiger partial charge in [-0.25, -0.2) is 0 Å². The number of aliphatic hydroxyl groups is 1. The highest BCUT2D eigenvalue weighted by atomic mass is 16.8. The van der Waals surface area contributed by atoms with Crippen molar-refractivity contribution in [2.24, 2.45) is 5.11 Å². The minimum absolute atomic E-state index is 0.441. The number of aliphatic hydroxyl groups excluding tert-OH is 1. The molecule has 1 atom stereocenters. The van der Waals surface area contributed by atoms with E-state index in [4.69, 9.17) is 10.6 Å². The van der Waals surface area contributed by atoms with E-state index in [9.17, 15) is 10.4 Å². The topological polar surface area (TPSA) is 118 Å². The highest BCUT2D eigenvalue weighted by Crippen LogP contribution is 2.19. The molecular formula is C9H9N4O3-. The summed E-state index contributed by atoms with van der Waals surface area (Å²) in [6, 6.07) is 7.19. The van der Waals surface area contributed by atoms with E-state index in [2.05, 4.69) is 10.0 Å². The van der Waals surface area contributed by atoms with Crippen molar-refractivity contribution in [1.29, 1.82) is 0 Å². The SMILES string of the molecule is [N-]=[N+]=NC(C(CO)=[N+]([O-])[O-])c1ccccc1. The Morgan fingerprint density at radius 2 is 2.06 bits per heavy atom. The van der Waals surface area contributed by atoms with Gasteiger partial charge in [0.1, 0.15) is 12.6 Å². The fourth-order valence-electron chi connectivity index (χ4n) is 1.26. The molecule has 1 rings (SSSR count). The Morgan fingerprint density at radius 3 is 2.50 bits per heavy atom. The maximum absolute atomic E-state index is 10.6. The molecule has 0 saturated heterocycles.